The fourth-order valence-corrected chi connectivity index (χ4v) is 2.25. The molecule has 0 heterocycles. The fourth-order valence-electron chi connectivity index (χ4n) is 2.25. The Hall–Kier alpha value is 0.772. The zero-order valence-corrected chi connectivity index (χ0v) is 25.2. The Bertz CT molecular complexity index is 593. The Morgan fingerprint density at radius 1 is 0.536 bits per heavy atom. The van der Waals surface area contributed by atoms with Crippen LogP contribution in [-0.2, 0) is 98.1 Å². The summed E-state index contributed by atoms with van der Waals surface area (Å²) in [6, 6.07) is 35.7. The van der Waals surface area contributed by atoms with E-state index in [1.165, 1.54) is 25.7 Å². The standard InChI is InChI=1S/C18H9N.C6H14.3Y/c1-4-10-16(11-5-1)19(17-12-6-2-7-13-17)18-14-8-3-9-15-18;1-3-5-6-4-2;;;/h1-9H;3-6H2,1-2H3;;;/q-6;;;;. The van der Waals surface area contributed by atoms with E-state index in [4.69, 9.17) is 0 Å². The van der Waals surface area contributed by atoms with Gasteiger partial charge in [0.05, 0.1) is 0 Å². The van der Waals surface area contributed by atoms with Crippen LogP contribution in [0.4, 0.5) is 17.1 Å². The fraction of sp³-hybridized carbons (Fsp3) is 0.250. The Kier molecular flexibility index (Phi) is 21.8. The van der Waals surface area contributed by atoms with Crippen LogP contribution in [0.5, 0.6) is 0 Å². The molecule has 1 nitrogen and oxygen atoms in total. The van der Waals surface area contributed by atoms with Crippen molar-refractivity contribution < 1.29 is 98.1 Å². The molecule has 4 heteroatoms. The summed E-state index contributed by atoms with van der Waals surface area (Å²) in [6.45, 7) is 4.46. The van der Waals surface area contributed by atoms with E-state index in [0.29, 0.717) is 0 Å². The third-order valence-corrected chi connectivity index (χ3v) is 3.53. The number of benzene rings is 3. The summed E-state index contributed by atoms with van der Waals surface area (Å²) in [4.78, 5) is 1.92. The number of rotatable bonds is 6. The molecule has 0 saturated carbocycles. The first-order valence-corrected chi connectivity index (χ1v) is 8.82. The topological polar surface area (TPSA) is 3.24 Å². The predicted molar refractivity (Wildman–Crippen MR) is 104 cm³/mol. The van der Waals surface area contributed by atoms with Gasteiger partial charge < -0.3 is 41.3 Å². The van der Waals surface area contributed by atoms with Crippen molar-refractivity contribution in [2.75, 3.05) is 4.90 Å². The van der Waals surface area contributed by atoms with Crippen molar-refractivity contribution in [2.24, 2.45) is 0 Å². The van der Waals surface area contributed by atoms with Crippen LogP contribution in [0.2, 0.25) is 0 Å². The molecular formula is C24H23NY3-6. The number of nitrogens with zero attached hydrogens (tertiary/aromatic N) is 1. The maximum atomic E-state index is 3.16. The smallest absolute Gasteiger partial charge is 0 e. The van der Waals surface area contributed by atoms with E-state index in [1.807, 2.05) is 59.5 Å². The molecule has 0 aliphatic rings. The summed E-state index contributed by atoms with van der Waals surface area (Å²) in [5.74, 6) is 0. The van der Waals surface area contributed by atoms with E-state index in [0.717, 1.165) is 17.1 Å². The van der Waals surface area contributed by atoms with E-state index in [2.05, 4.69) is 50.2 Å². The first-order chi connectivity index (χ1) is 12.4. The van der Waals surface area contributed by atoms with Crippen LogP contribution >= 0.6 is 0 Å². The second kappa shape index (κ2) is 19.7. The van der Waals surface area contributed by atoms with Crippen molar-refractivity contribution in [3.05, 3.63) is 91.0 Å². The first kappa shape index (κ1) is 31.0. The minimum atomic E-state index is 0. The van der Waals surface area contributed by atoms with Crippen molar-refractivity contribution in [3.63, 3.8) is 0 Å². The van der Waals surface area contributed by atoms with E-state index >= 15 is 0 Å². The monoisotopic (exact) mass is 592 g/mol. The molecule has 0 bridgehead atoms. The minimum Gasteiger partial charge on any atom is -0.452 e. The quantitative estimate of drug-likeness (QED) is 0.233. The number of unbranched alkanes of at least 4 members (excludes halogenated alkanes) is 3. The number of anilines is 3. The molecule has 0 amide bonds. The zero-order valence-electron chi connectivity index (χ0n) is 16.7. The molecule has 0 N–H and O–H groups in total. The molecule has 3 radical (unpaired) electrons. The van der Waals surface area contributed by atoms with Crippen molar-refractivity contribution in [3.8, 4) is 0 Å². The van der Waals surface area contributed by atoms with Gasteiger partial charge in [0.2, 0.25) is 0 Å². The average Bonchev–Trinajstić information content (AvgIpc) is 2.70. The Morgan fingerprint density at radius 3 is 1.00 bits per heavy atom. The molecule has 0 spiro atoms. The van der Waals surface area contributed by atoms with Gasteiger partial charge in [-0.05, 0) is 0 Å². The summed E-state index contributed by atoms with van der Waals surface area (Å²) in [6.07, 6.45) is 5.54. The minimum absolute atomic E-state index is 0. The number of hydrogen-bond donors (Lipinski definition) is 0. The van der Waals surface area contributed by atoms with Crippen molar-refractivity contribution in [2.45, 2.75) is 39.5 Å². The Balaban J connectivity index is 0. The molecule has 0 aliphatic heterocycles. The molecule has 3 rings (SSSR count). The molecular weight excluding hydrogens is 569 g/mol. The molecule has 0 aromatic heterocycles. The summed E-state index contributed by atoms with van der Waals surface area (Å²) in [5.41, 5.74) is 2.37. The molecule has 0 aliphatic carbocycles. The molecule has 0 saturated heterocycles. The van der Waals surface area contributed by atoms with Crippen LogP contribution < -0.4 is 4.90 Å². The molecule has 0 unspecified atom stereocenters. The van der Waals surface area contributed by atoms with Crippen LogP contribution in [0.1, 0.15) is 39.5 Å². The van der Waals surface area contributed by atoms with Crippen LogP contribution in [-0.4, -0.2) is 0 Å². The maximum absolute atomic E-state index is 3.16. The molecule has 28 heavy (non-hydrogen) atoms. The van der Waals surface area contributed by atoms with Gasteiger partial charge in [-0.25, -0.2) is 17.1 Å². The third-order valence-electron chi connectivity index (χ3n) is 3.53. The van der Waals surface area contributed by atoms with Gasteiger partial charge in [-0.15, -0.1) is 0 Å². The van der Waals surface area contributed by atoms with Gasteiger partial charge in [0.15, 0.2) is 0 Å². The van der Waals surface area contributed by atoms with E-state index in [-0.39, 0.29) is 98.1 Å². The van der Waals surface area contributed by atoms with Gasteiger partial charge >= 0.3 is 0 Å². The molecule has 3 aromatic rings. The van der Waals surface area contributed by atoms with Gasteiger partial charge in [-0.2, -0.15) is 0 Å². The summed E-state index contributed by atoms with van der Waals surface area (Å²) in [7, 11) is 0. The first-order valence-electron chi connectivity index (χ1n) is 8.82. The van der Waals surface area contributed by atoms with Crippen LogP contribution in [0, 0.1) is 36.4 Å². The van der Waals surface area contributed by atoms with Gasteiger partial charge in [0.25, 0.3) is 0 Å². The largest absolute Gasteiger partial charge is 0.452 e. The van der Waals surface area contributed by atoms with E-state index < -0.39 is 0 Å². The van der Waals surface area contributed by atoms with Crippen LogP contribution in [0.15, 0.2) is 54.6 Å². The summed E-state index contributed by atoms with van der Waals surface area (Å²) >= 11 is 0. The Labute approximate surface area is 247 Å². The van der Waals surface area contributed by atoms with Gasteiger partial charge in [-0.3, -0.25) is 54.6 Å². The molecule has 0 fully saturated rings. The van der Waals surface area contributed by atoms with Crippen molar-refractivity contribution >= 4 is 17.1 Å². The van der Waals surface area contributed by atoms with Gasteiger partial charge in [-0.1, -0.05) is 39.5 Å². The average molecular weight is 592 g/mol. The molecule has 139 valence electrons. The summed E-state index contributed by atoms with van der Waals surface area (Å²) < 4.78 is 0. The van der Waals surface area contributed by atoms with E-state index in [9.17, 15) is 0 Å². The van der Waals surface area contributed by atoms with Crippen LogP contribution in [0.3, 0.4) is 0 Å². The van der Waals surface area contributed by atoms with Crippen LogP contribution in [0.25, 0.3) is 0 Å². The molecule has 0 atom stereocenters. The normalized spacial score (nSPS) is 8.79. The zero-order chi connectivity index (χ0) is 17.7. The van der Waals surface area contributed by atoms with Crippen molar-refractivity contribution in [1.29, 1.82) is 0 Å². The molecule has 3 aromatic carbocycles. The third kappa shape index (κ3) is 11.2. The SMILES string of the molecule is CCCCCC.[Y].[Y].[Y].[c-]1ccc[c-]c1N(c1[c-]ccc[c-]1)c1[c-]ccc[c-]1. The number of hydrogen-bond acceptors (Lipinski definition) is 1. The second-order valence-corrected chi connectivity index (χ2v) is 5.53. The predicted octanol–water partition coefficient (Wildman–Crippen LogP) is 6.54. The van der Waals surface area contributed by atoms with E-state index in [1.54, 1.807) is 0 Å². The van der Waals surface area contributed by atoms with Crippen molar-refractivity contribution in [1.82, 2.24) is 0 Å². The maximum Gasteiger partial charge on any atom is 0 e. The second-order valence-electron chi connectivity index (χ2n) is 5.53. The van der Waals surface area contributed by atoms with Gasteiger partial charge in [0.1, 0.15) is 0 Å². The summed E-state index contributed by atoms with van der Waals surface area (Å²) in [5, 5.41) is 0. The Morgan fingerprint density at radius 2 is 0.786 bits per heavy atom. The van der Waals surface area contributed by atoms with Gasteiger partial charge in [0, 0.05) is 98.1 Å². The number of para-hydroxylation sites is 3.